The minimum absolute atomic E-state index is 0.0332. The van der Waals surface area contributed by atoms with Gasteiger partial charge in [0.25, 0.3) is 5.91 Å². The number of benzene rings is 1. The van der Waals surface area contributed by atoms with E-state index in [1.807, 2.05) is 25.2 Å². The molecule has 1 fully saturated rings. The number of fused-ring (bicyclic) bond motifs is 1. The monoisotopic (exact) mass is 276 g/mol. The summed E-state index contributed by atoms with van der Waals surface area (Å²) in [7, 11) is 1.89. The fourth-order valence-corrected chi connectivity index (χ4v) is 2.27. The van der Waals surface area contributed by atoms with Crippen LogP contribution in [0.25, 0.3) is 11.1 Å². The number of para-hydroxylation sites is 2. The first-order valence-electron chi connectivity index (χ1n) is 6.82. The highest BCUT2D eigenvalue weighted by atomic mass is 16.4. The van der Waals surface area contributed by atoms with Crippen molar-refractivity contribution in [1.82, 2.24) is 9.88 Å². The Labute approximate surface area is 116 Å². The molecule has 0 radical (unpaired) electrons. The van der Waals surface area contributed by atoms with Gasteiger partial charge in [-0.15, -0.1) is 0 Å². The fourth-order valence-electron chi connectivity index (χ4n) is 2.27. The van der Waals surface area contributed by atoms with Crippen molar-refractivity contribution in [2.75, 3.05) is 13.6 Å². The summed E-state index contributed by atoms with van der Waals surface area (Å²) in [4.78, 5) is 24.5. The third kappa shape index (κ3) is 2.75. The summed E-state index contributed by atoms with van der Waals surface area (Å²) >= 11 is 0. The summed E-state index contributed by atoms with van der Waals surface area (Å²) < 4.78 is 6.74. The Morgan fingerprint density at radius 1 is 1.45 bits per heavy atom. The Morgan fingerprint density at radius 3 is 2.95 bits per heavy atom. The van der Waals surface area contributed by atoms with E-state index in [4.69, 9.17) is 4.42 Å². The first kappa shape index (κ1) is 12.9. The average Bonchev–Trinajstić information content (AvgIpc) is 3.15. The van der Waals surface area contributed by atoms with Gasteiger partial charge in [0, 0.05) is 6.04 Å². The molecule has 1 amide bonds. The lowest BCUT2D eigenvalue weighted by Crippen LogP contribution is -3.09. The van der Waals surface area contributed by atoms with Gasteiger partial charge in [-0.1, -0.05) is 12.1 Å². The lowest BCUT2D eigenvalue weighted by atomic mass is 10.3. The maximum atomic E-state index is 11.8. The van der Waals surface area contributed by atoms with Crippen LogP contribution in [0.2, 0.25) is 0 Å². The highest BCUT2D eigenvalue weighted by Gasteiger charge is 2.24. The molecular formula is C14H18N3O3+. The van der Waals surface area contributed by atoms with Crippen LogP contribution in [-0.2, 0) is 11.5 Å². The molecule has 1 aromatic carbocycles. The SMILES string of the molecule is C[NH+](CC(=O)NC1CC1)Cn1c(=O)oc2ccccc21. The van der Waals surface area contributed by atoms with Crippen molar-refractivity contribution >= 4 is 17.0 Å². The number of nitrogens with zero attached hydrogens (tertiary/aromatic N) is 1. The normalized spacial score (nSPS) is 16.2. The van der Waals surface area contributed by atoms with E-state index in [9.17, 15) is 9.59 Å². The molecule has 6 nitrogen and oxygen atoms in total. The van der Waals surface area contributed by atoms with Crippen molar-refractivity contribution in [3.63, 3.8) is 0 Å². The molecule has 1 atom stereocenters. The number of quaternary nitrogens is 1. The smallest absolute Gasteiger partial charge is 0.408 e. The van der Waals surface area contributed by atoms with Crippen LogP contribution in [0.4, 0.5) is 0 Å². The molecule has 1 unspecified atom stereocenters. The van der Waals surface area contributed by atoms with Gasteiger partial charge in [-0.25, -0.2) is 9.36 Å². The zero-order chi connectivity index (χ0) is 14.1. The molecule has 0 aliphatic heterocycles. The van der Waals surface area contributed by atoms with Gasteiger partial charge in [0.05, 0.1) is 12.6 Å². The first-order valence-corrected chi connectivity index (χ1v) is 6.82. The molecule has 2 N–H and O–H groups in total. The van der Waals surface area contributed by atoms with Crippen molar-refractivity contribution in [3.05, 3.63) is 34.8 Å². The van der Waals surface area contributed by atoms with Crippen LogP contribution in [0.5, 0.6) is 0 Å². The van der Waals surface area contributed by atoms with Crippen LogP contribution in [0.1, 0.15) is 12.8 Å². The molecule has 1 heterocycles. The van der Waals surface area contributed by atoms with E-state index in [2.05, 4.69) is 5.32 Å². The number of hydrogen-bond acceptors (Lipinski definition) is 3. The highest BCUT2D eigenvalue weighted by Crippen LogP contribution is 2.18. The third-order valence-corrected chi connectivity index (χ3v) is 3.41. The van der Waals surface area contributed by atoms with Crippen LogP contribution >= 0.6 is 0 Å². The van der Waals surface area contributed by atoms with Gasteiger partial charge in [-0.2, -0.15) is 0 Å². The van der Waals surface area contributed by atoms with Gasteiger partial charge >= 0.3 is 5.76 Å². The average molecular weight is 276 g/mol. The Balaban J connectivity index is 1.70. The molecule has 2 aromatic rings. The van der Waals surface area contributed by atoms with Crippen LogP contribution in [-0.4, -0.2) is 30.1 Å². The Morgan fingerprint density at radius 2 is 2.20 bits per heavy atom. The van der Waals surface area contributed by atoms with Crippen LogP contribution in [0, 0.1) is 0 Å². The maximum Gasteiger partial charge on any atom is 0.424 e. The van der Waals surface area contributed by atoms with Crippen molar-refractivity contribution in [3.8, 4) is 0 Å². The molecule has 0 spiro atoms. The molecule has 1 aliphatic carbocycles. The Hall–Kier alpha value is -2.08. The fraction of sp³-hybridized carbons (Fsp3) is 0.429. The molecule has 1 saturated carbocycles. The quantitative estimate of drug-likeness (QED) is 0.762. The van der Waals surface area contributed by atoms with Crippen molar-refractivity contribution < 1.29 is 14.1 Å². The maximum absolute atomic E-state index is 11.8. The van der Waals surface area contributed by atoms with E-state index in [0.717, 1.165) is 23.3 Å². The predicted octanol–water partition coefficient (Wildman–Crippen LogP) is -0.655. The zero-order valence-electron chi connectivity index (χ0n) is 11.4. The summed E-state index contributed by atoms with van der Waals surface area (Å²) in [5, 5.41) is 2.95. The van der Waals surface area contributed by atoms with E-state index in [0.29, 0.717) is 24.8 Å². The molecule has 3 rings (SSSR count). The van der Waals surface area contributed by atoms with Gasteiger partial charge in [0.1, 0.15) is 0 Å². The summed E-state index contributed by atoms with van der Waals surface area (Å²) in [6.07, 6.45) is 2.16. The van der Waals surface area contributed by atoms with Crippen molar-refractivity contribution in [1.29, 1.82) is 0 Å². The number of nitrogens with one attached hydrogen (secondary N) is 2. The van der Waals surface area contributed by atoms with Gasteiger partial charge in [-0.3, -0.25) is 4.79 Å². The Kier molecular flexibility index (Phi) is 3.31. The van der Waals surface area contributed by atoms with Gasteiger partial charge in [0.15, 0.2) is 18.8 Å². The lowest BCUT2D eigenvalue weighted by Gasteiger charge is -2.13. The number of rotatable bonds is 5. The number of carbonyl (C=O) groups is 1. The second-order valence-electron chi connectivity index (χ2n) is 5.40. The molecule has 0 saturated heterocycles. The zero-order valence-corrected chi connectivity index (χ0v) is 11.4. The minimum atomic E-state index is -0.381. The van der Waals surface area contributed by atoms with E-state index >= 15 is 0 Å². The van der Waals surface area contributed by atoms with Crippen LogP contribution in [0.15, 0.2) is 33.5 Å². The second-order valence-corrected chi connectivity index (χ2v) is 5.40. The predicted molar refractivity (Wildman–Crippen MR) is 73.4 cm³/mol. The van der Waals surface area contributed by atoms with Crippen LogP contribution < -0.4 is 16.0 Å². The highest BCUT2D eigenvalue weighted by molar-refractivity contribution is 5.77. The van der Waals surface area contributed by atoms with Gasteiger partial charge in [0.2, 0.25) is 0 Å². The topological polar surface area (TPSA) is 68.7 Å². The Bertz CT molecular complexity index is 684. The van der Waals surface area contributed by atoms with E-state index < -0.39 is 0 Å². The molecule has 106 valence electrons. The number of likely N-dealkylation sites (N-methyl/N-ethyl adjacent to an activating group) is 1. The largest absolute Gasteiger partial charge is 0.424 e. The standard InChI is InChI=1S/C14H17N3O3/c1-16(8-13(18)15-10-6-7-10)9-17-11-4-2-3-5-12(11)20-14(17)19/h2-5,10H,6-9H2,1H3,(H,15,18)/p+1. The lowest BCUT2D eigenvalue weighted by molar-refractivity contribution is -0.894. The van der Waals surface area contributed by atoms with Crippen molar-refractivity contribution in [2.24, 2.45) is 0 Å². The summed E-state index contributed by atoms with van der Waals surface area (Å²) in [6.45, 7) is 0.760. The first-order chi connectivity index (χ1) is 9.63. The molecular weight excluding hydrogens is 258 g/mol. The molecule has 0 bridgehead atoms. The van der Waals surface area contributed by atoms with E-state index in [1.165, 1.54) is 0 Å². The number of carbonyl (C=O) groups excluding carboxylic acids is 1. The minimum Gasteiger partial charge on any atom is -0.408 e. The van der Waals surface area contributed by atoms with Crippen molar-refractivity contribution in [2.45, 2.75) is 25.6 Å². The summed E-state index contributed by atoms with van der Waals surface area (Å²) in [5.41, 5.74) is 1.34. The number of aromatic nitrogens is 1. The molecule has 20 heavy (non-hydrogen) atoms. The number of oxazole rings is 1. The molecule has 1 aliphatic rings. The van der Waals surface area contributed by atoms with E-state index in [-0.39, 0.29) is 11.7 Å². The number of hydrogen-bond donors (Lipinski definition) is 2. The summed E-state index contributed by atoms with van der Waals surface area (Å²) in [6, 6.07) is 7.67. The molecule has 1 aromatic heterocycles. The summed E-state index contributed by atoms with van der Waals surface area (Å²) in [5.74, 6) is -0.348. The molecule has 6 heteroatoms. The van der Waals surface area contributed by atoms with Crippen LogP contribution in [0.3, 0.4) is 0 Å². The number of amides is 1. The van der Waals surface area contributed by atoms with Gasteiger partial charge in [-0.05, 0) is 25.0 Å². The van der Waals surface area contributed by atoms with E-state index in [1.54, 1.807) is 10.6 Å². The van der Waals surface area contributed by atoms with Gasteiger partial charge < -0.3 is 14.6 Å². The second kappa shape index (κ2) is 5.13. The third-order valence-electron chi connectivity index (χ3n) is 3.41.